The summed E-state index contributed by atoms with van der Waals surface area (Å²) in [7, 11) is 0. The highest BCUT2D eigenvalue weighted by Gasteiger charge is 2.30. The molecule has 1 aromatic heterocycles. The van der Waals surface area contributed by atoms with Crippen molar-refractivity contribution in [2.45, 2.75) is 19.4 Å². The van der Waals surface area contributed by atoms with Gasteiger partial charge in [-0.1, -0.05) is 24.3 Å². The van der Waals surface area contributed by atoms with Crippen molar-refractivity contribution in [1.82, 2.24) is 15.3 Å². The molecule has 4 rings (SSSR count). The molecule has 3 N–H and O–H groups in total. The van der Waals surface area contributed by atoms with Gasteiger partial charge in [0.1, 0.15) is 11.6 Å². The lowest BCUT2D eigenvalue weighted by Gasteiger charge is -2.28. The first kappa shape index (κ1) is 17.1. The second-order valence-electron chi connectivity index (χ2n) is 6.43. The molecule has 2 aromatic carbocycles. The van der Waals surface area contributed by atoms with E-state index in [2.05, 4.69) is 15.3 Å². The maximum atomic E-state index is 14.3. The van der Waals surface area contributed by atoms with E-state index in [1.165, 1.54) is 18.2 Å². The lowest BCUT2D eigenvalue weighted by atomic mass is 9.88. The van der Waals surface area contributed by atoms with Crippen LogP contribution in [-0.4, -0.2) is 15.9 Å². The molecule has 1 amide bonds. The van der Waals surface area contributed by atoms with Gasteiger partial charge in [-0.3, -0.25) is 4.79 Å². The molecule has 0 aliphatic carbocycles. The smallest absolute Gasteiger partial charge is 0.255 e. The van der Waals surface area contributed by atoms with E-state index < -0.39 is 17.7 Å². The number of benzene rings is 2. The number of carbonyl (C=O) groups is 1. The molecule has 2 heterocycles. The lowest BCUT2D eigenvalue weighted by Crippen LogP contribution is -2.37. The first-order valence-corrected chi connectivity index (χ1v) is 8.42. The van der Waals surface area contributed by atoms with Gasteiger partial charge in [0, 0.05) is 12.0 Å². The van der Waals surface area contributed by atoms with Gasteiger partial charge in [-0.2, -0.15) is 0 Å². The third-order valence-electron chi connectivity index (χ3n) is 4.67. The third kappa shape index (κ3) is 3.01. The minimum atomic E-state index is -0.492. The summed E-state index contributed by atoms with van der Waals surface area (Å²) in [4.78, 5) is 20.8. The van der Waals surface area contributed by atoms with Crippen molar-refractivity contribution in [2.24, 2.45) is 0 Å². The number of aryl methyl sites for hydroxylation is 1. The number of carbonyl (C=O) groups excluding carboxylic acids is 1. The van der Waals surface area contributed by atoms with E-state index in [9.17, 15) is 13.6 Å². The molecular formula is C20H16F2N4O. The van der Waals surface area contributed by atoms with Crippen LogP contribution in [0.15, 0.2) is 42.5 Å². The van der Waals surface area contributed by atoms with Gasteiger partial charge in [0.25, 0.3) is 5.91 Å². The van der Waals surface area contributed by atoms with Crippen LogP contribution in [0.4, 0.5) is 14.7 Å². The number of hydrogen-bond donors (Lipinski definition) is 2. The second-order valence-corrected chi connectivity index (χ2v) is 6.43. The predicted octanol–water partition coefficient (Wildman–Crippen LogP) is 3.34. The molecule has 5 nitrogen and oxygen atoms in total. The van der Waals surface area contributed by atoms with Crippen molar-refractivity contribution in [3.8, 4) is 11.1 Å². The van der Waals surface area contributed by atoms with E-state index in [1.807, 2.05) is 0 Å². The van der Waals surface area contributed by atoms with Gasteiger partial charge < -0.3 is 11.1 Å². The molecule has 1 aliphatic heterocycles. The van der Waals surface area contributed by atoms with Crippen LogP contribution in [0.5, 0.6) is 0 Å². The molecule has 0 fully saturated rings. The van der Waals surface area contributed by atoms with Crippen LogP contribution in [-0.2, 0) is 6.42 Å². The summed E-state index contributed by atoms with van der Waals surface area (Å²) in [6.07, 6.45) is 0.349. The Labute approximate surface area is 154 Å². The number of nitrogens with one attached hydrogen (secondary N) is 1. The van der Waals surface area contributed by atoms with Crippen molar-refractivity contribution in [3.63, 3.8) is 0 Å². The van der Waals surface area contributed by atoms with Crippen molar-refractivity contribution < 1.29 is 13.6 Å². The van der Waals surface area contributed by atoms with E-state index in [0.29, 0.717) is 34.5 Å². The SMILES string of the molecule is Cc1nc(N)nc2c1C(=O)NC(c1ccc(F)cc1-c1ccccc1F)C2. The number of nitrogen functional groups attached to an aromatic ring is 1. The maximum Gasteiger partial charge on any atom is 0.255 e. The monoisotopic (exact) mass is 366 g/mol. The average molecular weight is 366 g/mol. The van der Waals surface area contributed by atoms with Crippen molar-refractivity contribution in [2.75, 3.05) is 5.73 Å². The standard InChI is InChI=1S/C20H16F2N4O/c1-10-18-17(26-20(23)24-10)9-16(25-19(18)27)13-7-6-11(21)8-14(13)12-4-2-3-5-15(12)22/h2-8,16H,9H2,1H3,(H,25,27)(H2,23,24,26). The Morgan fingerprint density at radius 1 is 1.11 bits per heavy atom. The first-order valence-electron chi connectivity index (χ1n) is 8.42. The fourth-order valence-corrected chi connectivity index (χ4v) is 3.51. The Kier molecular flexibility index (Phi) is 4.07. The number of aromatic nitrogens is 2. The van der Waals surface area contributed by atoms with Gasteiger partial charge in [-0.05, 0) is 36.2 Å². The number of halogens is 2. The molecule has 0 spiro atoms. The van der Waals surface area contributed by atoms with Crippen LogP contribution >= 0.6 is 0 Å². The van der Waals surface area contributed by atoms with Gasteiger partial charge in [0.2, 0.25) is 5.95 Å². The van der Waals surface area contributed by atoms with Gasteiger partial charge in [0.05, 0.1) is 23.0 Å². The number of nitrogens with zero attached hydrogens (tertiary/aromatic N) is 2. The maximum absolute atomic E-state index is 14.3. The Hall–Kier alpha value is -3.35. The Morgan fingerprint density at radius 3 is 2.67 bits per heavy atom. The average Bonchev–Trinajstić information content (AvgIpc) is 2.61. The van der Waals surface area contributed by atoms with Gasteiger partial charge in [-0.25, -0.2) is 18.7 Å². The van der Waals surface area contributed by atoms with Crippen molar-refractivity contribution in [3.05, 3.63) is 76.6 Å². The molecule has 0 radical (unpaired) electrons. The highest BCUT2D eigenvalue weighted by Crippen LogP contribution is 2.34. The summed E-state index contributed by atoms with van der Waals surface area (Å²) >= 11 is 0. The topological polar surface area (TPSA) is 80.9 Å². The van der Waals surface area contributed by atoms with Crippen LogP contribution in [0, 0.1) is 18.6 Å². The molecule has 1 unspecified atom stereocenters. The molecule has 1 aliphatic rings. The van der Waals surface area contributed by atoms with Gasteiger partial charge >= 0.3 is 0 Å². The Bertz CT molecular complexity index is 1070. The zero-order valence-corrected chi connectivity index (χ0v) is 14.5. The quantitative estimate of drug-likeness (QED) is 0.729. The van der Waals surface area contributed by atoms with Crippen LogP contribution < -0.4 is 11.1 Å². The van der Waals surface area contributed by atoms with Crippen molar-refractivity contribution >= 4 is 11.9 Å². The minimum Gasteiger partial charge on any atom is -0.368 e. The van der Waals surface area contributed by atoms with Gasteiger partial charge in [0.15, 0.2) is 0 Å². The number of fused-ring (bicyclic) bond motifs is 1. The van der Waals surface area contributed by atoms with Gasteiger partial charge in [-0.15, -0.1) is 0 Å². The zero-order chi connectivity index (χ0) is 19.1. The molecular weight excluding hydrogens is 350 g/mol. The number of amides is 1. The molecule has 0 saturated carbocycles. The lowest BCUT2D eigenvalue weighted by molar-refractivity contribution is 0.0922. The molecule has 0 bridgehead atoms. The molecule has 7 heteroatoms. The van der Waals surface area contributed by atoms with E-state index in [0.717, 1.165) is 0 Å². The van der Waals surface area contributed by atoms with Crippen LogP contribution in [0.2, 0.25) is 0 Å². The minimum absolute atomic E-state index is 0.0909. The number of anilines is 1. The molecule has 27 heavy (non-hydrogen) atoms. The van der Waals surface area contributed by atoms with Crippen LogP contribution in [0.1, 0.15) is 33.4 Å². The Balaban J connectivity index is 1.83. The predicted molar refractivity (Wildman–Crippen MR) is 96.9 cm³/mol. The molecule has 3 aromatic rings. The van der Waals surface area contributed by atoms with Crippen LogP contribution in [0.25, 0.3) is 11.1 Å². The number of nitrogens with two attached hydrogens (primary N) is 1. The molecule has 136 valence electrons. The fourth-order valence-electron chi connectivity index (χ4n) is 3.51. The summed E-state index contributed by atoms with van der Waals surface area (Å²) in [6.45, 7) is 1.69. The fraction of sp³-hybridized carbons (Fsp3) is 0.150. The summed E-state index contributed by atoms with van der Waals surface area (Å²) in [6, 6.07) is 9.78. The molecule has 1 atom stereocenters. The largest absolute Gasteiger partial charge is 0.368 e. The van der Waals surface area contributed by atoms with E-state index in [4.69, 9.17) is 5.73 Å². The molecule has 0 saturated heterocycles. The van der Waals surface area contributed by atoms with Crippen LogP contribution in [0.3, 0.4) is 0 Å². The second kappa shape index (κ2) is 6.42. The summed E-state index contributed by atoms with van der Waals surface area (Å²) < 4.78 is 28.2. The first-order chi connectivity index (χ1) is 12.9. The Morgan fingerprint density at radius 2 is 1.89 bits per heavy atom. The van der Waals surface area contributed by atoms with E-state index in [-0.39, 0.29) is 17.4 Å². The summed E-state index contributed by atoms with van der Waals surface area (Å²) in [5, 5.41) is 2.89. The van der Waals surface area contributed by atoms with E-state index >= 15 is 0 Å². The van der Waals surface area contributed by atoms with Crippen molar-refractivity contribution in [1.29, 1.82) is 0 Å². The van der Waals surface area contributed by atoms with E-state index in [1.54, 1.807) is 31.2 Å². The normalized spacial score (nSPS) is 16.0. The number of rotatable bonds is 2. The zero-order valence-electron chi connectivity index (χ0n) is 14.5. The number of hydrogen-bond acceptors (Lipinski definition) is 4. The highest BCUT2D eigenvalue weighted by molar-refractivity contribution is 5.98. The highest BCUT2D eigenvalue weighted by atomic mass is 19.1. The summed E-state index contributed by atoms with van der Waals surface area (Å²) in [5.41, 5.74) is 8.41. The summed E-state index contributed by atoms with van der Waals surface area (Å²) in [5.74, 6) is -1.19. The third-order valence-corrected chi connectivity index (χ3v) is 4.67.